The number of ether oxygens (including phenoxy) is 1. The summed E-state index contributed by atoms with van der Waals surface area (Å²) in [6.07, 6.45) is 5.23. The van der Waals surface area contributed by atoms with Crippen LogP contribution >= 0.6 is 11.3 Å². The van der Waals surface area contributed by atoms with E-state index in [0.717, 1.165) is 18.0 Å². The summed E-state index contributed by atoms with van der Waals surface area (Å²) in [6.45, 7) is 7.77. The lowest BCUT2D eigenvalue weighted by Crippen LogP contribution is -2.44. The van der Waals surface area contributed by atoms with Crippen molar-refractivity contribution >= 4 is 22.2 Å². The number of benzene rings is 1. The average Bonchev–Trinajstić information content (AvgIpc) is 3.11. The van der Waals surface area contributed by atoms with Gasteiger partial charge in [0.15, 0.2) is 0 Å². The molecule has 1 aliphatic rings. The zero-order valence-corrected chi connectivity index (χ0v) is 17.7. The van der Waals surface area contributed by atoms with Crippen molar-refractivity contribution in [3.05, 3.63) is 46.3 Å². The van der Waals surface area contributed by atoms with Gasteiger partial charge in [0.05, 0.1) is 18.3 Å². The highest BCUT2D eigenvalue weighted by Gasteiger charge is 2.25. The van der Waals surface area contributed by atoms with Crippen LogP contribution in [-0.4, -0.2) is 37.1 Å². The van der Waals surface area contributed by atoms with E-state index in [9.17, 15) is 0 Å². The van der Waals surface area contributed by atoms with Gasteiger partial charge >= 0.3 is 0 Å². The predicted octanol–water partition coefficient (Wildman–Crippen LogP) is 5.32. The van der Waals surface area contributed by atoms with Gasteiger partial charge in [0, 0.05) is 7.05 Å². The summed E-state index contributed by atoms with van der Waals surface area (Å²) in [6, 6.07) is 8.70. The van der Waals surface area contributed by atoms with Crippen LogP contribution in [0.5, 0.6) is 5.75 Å². The van der Waals surface area contributed by atoms with Gasteiger partial charge < -0.3 is 15.0 Å². The quantitative estimate of drug-likeness (QED) is 0.625. The molecule has 0 bridgehead atoms. The minimum absolute atomic E-state index is 0.248. The molecule has 1 N–H and O–H groups in total. The topological polar surface area (TPSA) is 36.9 Å². The van der Waals surface area contributed by atoms with E-state index in [4.69, 9.17) is 9.73 Å². The normalized spacial score (nSPS) is 17.7. The Labute approximate surface area is 167 Å². The molecule has 2 heterocycles. The lowest BCUT2D eigenvalue weighted by molar-refractivity contribution is 0.325. The second-order valence-corrected chi connectivity index (χ2v) is 8.12. The molecule has 0 saturated heterocycles. The zero-order valence-electron chi connectivity index (χ0n) is 16.9. The lowest BCUT2D eigenvalue weighted by Gasteiger charge is -2.34. The first-order valence-corrected chi connectivity index (χ1v) is 10.8. The van der Waals surface area contributed by atoms with Gasteiger partial charge in [-0.15, -0.1) is 11.3 Å². The maximum absolute atomic E-state index is 6.00. The molecule has 3 rings (SSSR count). The van der Waals surface area contributed by atoms with E-state index >= 15 is 0 Å². The van der Waals surface area contributed by atoms with Crippen LogP contribution in [0, 0.1) is 6.92 Å². The molecular formula is C22H31N3OS. The summed E-state index contributed by atoms with van der Waals surface area (Å²) in [7, 11) is 2.08. The monoisotopic (exact) mass is 385 g/mol. The molecule has 1 aromatic heterocycles. The number of rotatable bonds is 8. The number of nitrogens with one attached hydrogen (secondary N) is 1. The smallest absolute Gasteiger partial charge is 0.135 e. The van der Waals surface area contributed by atoms with Gasteiger partial charge in [-0.05, 0) is 55.3 Å². The average molecular weight is 386 g/mol. The van der Waals surface area contributed by atoms with Crippen LogP contribution in [0.2, 0.25) is 0 Å². The maximum Gasteiger partial charge on any atom is 0.135 e. The molecule has 146 valence electrons. The summed E-state index contributed by atoms with van der Waals surface area (Å²) in [5.41, 5.74) is 3.81. The molecule has 0 spiro atoms. The van der Waals surface area contributed by atoms with Crippen LogP contribution in [0.15, 0.2) is 34.6 Å². The third-order valence-electron chi connectivity index (χ3n) is 5.08. The molecule has 1 atom stereocenters. The van der Waals surface area contributed by atoms with E-state index in [1.807, 2.05) is 0 Å². The van der Waals surface area contributed by atoms with Crippen LogP contribution in [0.4, 0.5) is 5.00 Å². The summed E-state index contributed by atoms with van der Waals surface area (Å²) >= 11 is 1.73. The Bertz CT molecular complexity index is 784. The number of aliphatic imine (C=N–C) groups is 1. The standard InChI is InChI=1S/C22H31N3OS/c1-5-6-7-8-18-9-10-20(16(2)15-18)26-13-12-23-21-19-11-14-27-22(19)24-17(3)25(21)4/h9-11,14-15,17,24H,5-8,12-13H2,1-4H3. The second-order valence-electron chi connectivity index (χ2n) is 7.21. The number of fused-ring (bicyclic) bond motifs is 1. The SMILES string of the molecule is CCCCCc1ccc(OCCN=C2c3ccsc3NC(C)N2C)c(C)c1. The predicted molar refractivity (Wildman–Crippen MR) is 116 cm³/mol. The molecule has 1 aliphatic heterocycles. The molecule has 0 fully saturated rings. The fraction of sp³-hybridized carbons (Fsp3) is 0.500. The summed E-state index contributed by atoms with van der Waals surface area (Å²) in [5.74, 6) is 2.02. The third-order valence-corrected chi connectivity index (χ3v) is 5.93. The number of nitrogens with zero attached hydrogens (tertiary/aromatic N) is 2. The van der Waals surface area contributed by atoms with E-state index in [2.05, 4.69) is 67.7 Å². The maximum atomic E-state index is 6.00. The molecule has 0 saturated carbocycles. The minimum Gasteiger partial charge on any atom is -0.491 e. The molecule has 0 aliphatic carbocycles. The molecule has 27 heavy (non-hydrogen) atoms. The Hall–Kier alpha value is -2.01. The van der Waals surface area contributed by atoms with Crippen LogP contribution in [0.3, 0.4) is 0 Å². The van der Waals surface area contributed by atoms with Gasteiger partial charge in [0.25, 0.3) is 0 Å². The van der Waals surface area contributed by atoms with Crippen molar-refractivity contribution in [3.8, 4) is 5.75 Å². The third kappa shape index (κ3) is 4.83. The largest absolute Gasteiger partial charge is 0.491 e. The van der Waals surface area contributed by atoms with Crippen molar-refractivity contribution in [2.45, 2.75) is 52.6 Å². The summed E-state index contributed by atoms with van der Waals surface area (Å²) in [4.78, 5) is 7.01. The zero-order chi connectivity index (χ0) is 19.2. The number of aryl methyl sites for hydroxylation is 2. The number of hydrogen-bond acceptors (Lipinski definition) is 4. The molecule has 1 aromatic carbocycles. The van der Waals surface area contributed by atoms with Gasteiger partial charge in [-0.3, -0.25) is 4.99 Å². The number of amidine groups is 1. The van der Waals surface area contributed by atoms with Gasteiger partial charge in [-0.25, -0.2) is 0 Å². The fourth-order valence-electron chi connectivity index (χ4n) is 3.37. The summed E-state index contributed by atoms with van der Waals surface area (Å²) in [5, 5.41) is 6.81. The summed E-state index contributed by atoms with van der Waals surface area (Å²) < 4.78 is 6.00. The van der Waals surface area contributed by atoms with Gasteiger partial charge in [0.2, 0.25) is 0 Å². The van der Waals surface area contributed by atoms with Crippen LogP contribution in [0.1, 0.15) is 49.8 Å². The minimum atomic E-state index is 0.248. The van der Waals surface area contributed by atoms with Crippen molar-refractivity contribution < 1.29 is 4.74 Å². The van der Waals surface area contributed by atoms with Crippen molar-refractivity contribution in [3.63, 3.8) is 0 Å². The van der Waals surface area contributed by atoms with Crippen LogP contribution in [-0.2, 0) is 6.42 Å². The Morgan fingerprint density at radius 2 is 2.11 bits per heavy atom. The van der Waals surface area contributed by atoms with E-state index in [0.29, 0.717) is 13.2 Å². The van der Waals surface area contributed by atoms with E-state index in [1.165, 1.54) is 41.0 Å². The van der Waals surface area contributed by atoms with Gasteiger partial charge in [-0.1, -0.05) is 31.9 Å². The second kappa shape index (κ2) is 9.27. The molecule has 0 amide bonds. The van der Waals surface area contributed by atoms with Gasteiger partial charge in [-0.2, -0.15) is 0 Å². The molecule has 1 unspecified atom stereocenters. The first kappa shape index (κ1) is 19.7. The Morgan fingerprint density at radius 1 is 1.26 bits per heavy atom. The number of anilines is 1. The molecular weight excluding hydrogens is 354 g/mol. The van der Waals surface area contributed by atoms with Crippen LogP contribution in [0.25, 0.3) is 0 Å². The highest BCUT2D eigenvalue weighted by atomic mass is 32.1. The van der Waals surface area contributed by atoms with Crippen molar-refractivity contribution in [2.75, 3.05) is 25.5 Å². The first-order valence-electron chi connectivity index (χ1n) is 9.94. The van der Waals surface area contributed by atoms with Gasteiger partial charge in [0.1, 0.15) is 23.2 Å². The van der Waals surface area contributed by atoms with Crippen LogP contribution < -0.4 is 10.1 Å². The van der Waals surface area contributed by atoms with Crippen molar-refractivity contribution in [2.24, 2.45) is 4.99 Å². The Balaban J connectivity index is 1.56. The Kier molecular flexibility index (Phi) is 6.78. The van der Waals surface area contributed by atoms with Crippen molar-refractivity contribution in [1.82, 2.24) is 4.90 Å². The van der Waals surface area contributed by atoms with E-state index in [-0.39, 0.29) is 6.17 Å². The Morgan fingerprint density at radius 3 is 2.89 bits per heavy atom. The van der Waals surface area contributed by atoms with Crippen molar-refractivity contribution in [1.29, 1.82) is 0 Å². The number of hydrogen-bond donors (Lipinski definition) is 1. The lowest BCUT2D eigenvalue weighted by atomic mass is 10.0. The highest BCUT2D eigenvalue weighted by molar-refractivity contribution is 7.14. The van der Waals surface area contributed by atoms with E-state index in [1.54, 1.807) is 11.3 Å². The molecule has 4 nitrogen and oxygen atoms in total. The first-order chi connectivity index (χ1) is 13.1. The molecule has 2 aromatic rings. The van der Waals surface area contributed by atoms with E-state index < -0.39 is 0 Å². The number of unbranched alkanes of at least 4 members (excludes halogenated alkanes) is 2. The number of thiophene rings is 1. The highest BCUT2D eigenvalue weighted by Crippen LogP contribution is 2.30. The fourth-order valence-corrected chi connectivity index (χ4v) is 4.23. The molecule has 5 heteroatoms. The molecule has 0 radical (unpaired) electrons.